The van der Waals surface area contributed by atoms with Crippen molar-refractivity contribution in [2.75, 3.05) is 13.2 Å². The van der Waals surface area contributed by atoms with Crippen LogP contribution in [0.2, 0.25) is 0 Å². The fourth-order valence-electron chi connectivity index (χ4n) is 1.50. The number of hydrogen-bond acceptors (Lipinski definition) is 2. The minimum atomic E-state index is -0.263. The molecule has 1 amide bonds. The topological polar surface area (TPSA) is 38.3 Å². The maximum Gasteiger partial charge on any atom is 0.246 e. The summed E-state index contributed by atoms with van der Waals surface area (Å²) in [5, 5.41) is 2.86. The van der Waals surface area contributed by atoms with Gasteiger partial charge >= 0.3 is 0 Å². The van der Waals surface area contributed by atoms with E-state index in [1.54, 1.807) is 0 Å². The van der Waals surface area contributed by atoms with Crippen LogP contribution >= 0.6 is 0 Å². The quantitative estimate of drug-likeness (QED) is 0.787. The van der Waals surface area contributed by atoms with E-state index in [4.69, 9.17) is 4.74 Å². The van der Waals surface area contributed by atoms with E-state index < -0.39 is 0 Å². The Labute approximate surface area is 110 Å². The highest BCUT2D eigenvalue weighted by Crippen LogP contribution is 2.05. The van der Waals surface area contributed by atoms with Crippen molar-refractivity contribution in [3.8, 4) is 0 Å². The average Bonchev–Trinajstić information content (AvgIpc) is 2.33. The normalized spacial score (nSPS) is 11.3. The van der Waals surface area contributed by atoms with Gasteiger partial charge in [-0.2, -0.15) is 0 Å². The zero-order valence-corrected chi connectivity index (χ0v) is 11.5. The molecule has 0 bridgehead atoms. The number of amides is 1. The highest BCUT2D eigenvalue weighted by molar-refractivity contribution is 5.77. The summed E-state index contributed by atoms with van der Waals surface area (Å²) in [4.78, 5) is 11.5. The molecule has 3 heteroatoms. The van der Waals surface area contributed by atoms with E-state index in [0.29, 0.717) is 6.54 Å². The highest BCUT2D eigenvalue weighted by atomic mass is 16.5. The van der Waals surface area contributed by atoms with Crippen molar-refractivity contribution in [2.24, 2.45) is 0 Å². The van der Waals surface area contributed by atoms with Gasteiger partial charge in [-0.3, -0.25) is 4.79 Å². The summed E-state index contributed by atoms with van der Waals surface area (Å²) in [5.74, 6) is -0.0435. The molecule has 0 spiro atoms. The van der Waals surface area contributed by atoms with Crippen molar-refractivity contribution in [1.82, 2.24) is 5.32 Å². The molecular formula is C15H23NO2. The number of rotatable bonds is 6. The zero-order chi connectivity index (χ0) is 13.4. The molecule has 3 nitrogen and oxygen atoms in total. The molecule has 0 aliphatic heterocycles. The van der Waals surface area contributed by atoms with Crippen LogP contribution in [0.15, 0.2) is 30.3 Å². The van der Waals surface area contributed by atoms with Gasteiger partial charge in [0.25, 0.3) is 0 Å². The van der Waals surface area contributed by atoms with Gasteiger partial charge in [0.1, 0.15) is 6.61 Å². The third-order valence-electron chi connectivity index (χ3n) is 2.44. The van der Waals surface area contributed by atoms with E-state index in [1.807, 2.05) is 39.0 Å². The van der Waals surface area contributed by atoms with E-state index in [0.717, 1.165) is 12.8 Å². The first kappa shape index (κ1) is 14.7. The molecule has 1 rings (SSSR count). The van der Waals surface area contributed by atoms with Gasteiger partial charge < -0.3 is 10.1 Å². The molecule has 1 aromatic carbocycles. The molecule has 0 atom stereocenters. The van der Waals surface area contributed by atoms with Gasteiger partial charge in [0.15, 0.2) is 0 Å². The smallest absolute Gasteiger partial charge is 0.246 e. The number of carbonyl (C=O) groups is 1. The molecule has 0 aliphatic carbocycles. The number of hydrogen-bond donors (Lipinski definition) is 1. The first-order valence-corrected chi connectivity index (χ1v) is 6.42. The largest absolute Gasteiger partial charge is 0.366 e. The Hall–Kier alpha value is -1.35. The predicted molar refractivity (Wildman–Crippen MR) is 73.5 cm³/mol. The van der Waals surface area contributed by atoms with Gasteiger partial charge in [-0.05, 0) is 39.2 Å². The van der Waals surface area contributed by atoms with Crippen LogP contribution in [-0.2, 0) is 16.0 Å². The fraction of sp³-hybridized carbons (Fsp3) is 0.533. The van der Waals surface area contributed by atoms with Crippen LogP contribution in [0.25, 0.3) is 0 Å². The van der Waals surface area contributed by atoms with E-state index in [9.17, 15) is 4.79 Å². The van der Waals surface area contributed by atoms with Crippen molar-refractivity contribution < 1.29 is 9.53 Å². The maximum atomic E-state index is 11.5. The first-order chi connectivity index (χ1) is 8.47. The van der Waals surface area contributed by atoms with E-state index in [-0.39, 0.29) is 18.1 Å². The summed E-state index contributed by atoms with van der Waals surface area (Å²) < 4.78 is 5.39. The molecule has 0 unspecified atom stereocenters. The molecule has 0 saturated heterocycles. The number of nitrogens with one attached hydrogen (secondary N) is 1. The van der Waals surface area contributed by atoms with Gasteiger partial charge in [-0.25, -0.2) is 0 Å². The number of aryl methyl sites for hydroxylation is 1. The molecule has 1 N–H and O–H groups in total. The Morgan fingerprint density at radius 1 is 1.22 bits per heavy atom. The third kappa shape index (κ3) is 7.07. The van der Waals surface area contributed by atoms with Crippen LogP contribution in [-0.4, -0.2) is 24.7 Å². The van der Waals surface area contributed by atoms with Gasteiger partial charge in [-0.1, -0.05) is 30.3 Å². The Balaban J connectivity index is 2.09. The Kier molecular flexibility index (Phi) is 5.86. The number of ether oxygens (including phenoxy) is 1. The summed E-state index contributed by atoms with van der Waals surface area (Å²) in [6.45, 7) is 6.65. The molecule has 1 aromatic rings. The molecule has 18 heavy (non-hydrogen) atoms. The molecule has 0 fully saturated rings. The average molecular weight is 249 g/mol. The number of benzene rings is 1. The molecule has 0 heterocycles. The summed E-state index contributed by atoms with van der Waals surface area (Å²) >= 11 is 0. The second kappa shape index (κ2) is 7.17. The van der Waals surface area contributed by atoms with Crippen LogP contribution in [0.1, 0.15) is 32.8 Å². The van der Waals surface area contributed by atoms with Crippen molar-refractivity contribution in [3.05, 3.63) is 35.9 Å². The maximum absolute atomic E-state index is 11.5. The van der Waals surface area contributed by atoms with E-state index in [2.05, 4.69) is 17.4 Å². The molecule has 0 radical (unpaired) electrons. The molecule has 0 aromatic heterocycles. The Bertz CT molecular complexity index is 355. The van der Waals surface area contributed by atoms with Gasteiger partial charge in [0, 0.05) is 6.54 Å². The first-order valence-electron chi connectivity index (χ1n) is 6.42. The van der Waals surface area contributed by atoms with Gasteiger partial charge in [0.05, 0.1) is 5.60 Å². The summed E-state index contributed by atoms with van der Waals surface area (Å²) in [7, 11) is 0. The second-order valence-electron chi connectivity index (χ2n) is 5.34. The summed E-state index contributed by atoms with van der Waals surface area (Å²) in [6, 6.07) is 10.3. The van der Waals surface area contributed by atoms with Crippen LogP contribution in [0.3, 0.4) is 0 Å². The van der Waals surface area contributed by atoms with Crippen LogP contribution < -0.4 is 5.32 Å². The lowest BCUT2D eigenvalue weighted by molar-refractivity contribution is -0.130. The zero-order valence-electron chi connectivity index (χ0n) is 11.5. The van der Waals surface area contributed by atoms with Crippen molar-refractivity contribution >= 4 is 5.91 Å². The summed E-state index contributed by atoms with van der Waals surface area (Å²) in [5.41, 5.74) is 1.04. The molecular weight excluding hydrogens is 226 g/mol. The van der Waals surface area contributed by atoms with Crippen molar-refractivity contribution in [2.45, 2.75) is 39.2 Å². The lowest BCUT2D eigenvalue weighted by atomic mass is 10.1. The molecule has 100 valence electrons. The highest BCUT2D eigenvalue weighted by Gasteiger charge is 2.12. The van der Waals surface area contributed by atoms with E-state index in [1.165, 1.54) is 5.56 Å². The SMILES string of the molecule is CC(C)(C)OCC(=O)NCCCc1ccccc1. The molecule has 0 saturated carbocycles. The van der Waals surface area contributed by atoms with Crippen LogP contribution in [0.4, 0.5) is 0 Å². The lowest BCUT2D eigenvalue weighted by Crippen LogP contribution is -2.32. The lowest BCUT2D eigenvalue weighted by Gasteiger charge is -2.18. The third-order valence-corrected chi connectivity index (χ3v) is 2.44. The Morgan fingerprint density at radius 2 is 1.89 bits per heavy atom. The predicted octanol–water partition coefficient (Wildman–Crippen LogP) is 2.55. The standard InChI is InChI=1S/C15H23NO2/c1-15(2,3)18-12-14(17)16-11-7-10-13-8-5-4-6-9-13/h4-6,8-9H,7,10-12H2,1-3H3,(H,16,17). The minimum absolute atomic E-state index is 0.0435. The van der Waals surface area contributed by atoms with Crippen LogP contribution in [0.5, 0.6) is 0 Å². The van der Waals surface area contributed by atoms with Crippen molar-refractivity contribution in [3.63, 3.8) is 0 Å². The monoisotopic (exact) mass is 249 g/mol. The number of carbonyl (C=O) groups excluding carboxylic acids is 1. The van der Waals surface area contributed by atoms with Crippen LogP contribution in [0, 0.1) is 0 Å². The minimum Gasteiger partial charge on any atom is -0.366 e. The van der Waals surface area contributed by atoms with Gasteiger partial charge in [-0.15, -0.1) is 0 Å². The molecule has 0 aliphatic rings. The Morgan fingerprint density at radius 3 is 2.50 bits per heavy atom. The fourth-order valence-corrected chi connectivity index (χ4v) is 1.50. The van der Waals surface area contributed by atoms with Crippen molar-refractivity contribution in [1.29, 1.82) is 0 Å². The second-order valence-corrected chi connectivity index (χ2v) is 5.34. The van der Waals surface area contributed by atoms with E-state index >= 15 is 0 Å². The summed E-state index contributed by atoms with van der Waals surface area (Å²) in [6.07, 6.45) is 1.94. The van der Waals surface area contributed by atoms with Gasteiger partial charge in [0.2, 0.25) is 5.91 Å².